The van der Waals surface area contributed by atoms with Gasteiger partial charge in [0.2, 0.25) is 5.88 Å². The third-order valence-corrected chi connectivity index (χ3v) is 2.94. The third kappa shape index (κ3) is 2.11. The number of rotatable bonds is 2. The molecule has 0 unspecified atom stereocenters. The minimum Gasteiger partial charge on any atom is -0.627 e. The van der Waals surface area contributed by atoms with Crippen molar-refractivity contribution in [1.82, 2.24) is 9.63 Å². The van der Waals surface area contributed by atoms with Crippen molar-refractivity contribution in [2.24, 2.45) is 0 Å². The molecule has 2 rings (SSSR count). The van der Waals surface area contributed by atoms with E-state index in [0.717, 1.165) is 18.5 Å². The number of nitrogens with zero attached hydrogens (tertiary/aromatic N) is 2. The van der Waals surface area contributed by atoms with Crippen LogP contribution in [0.15, 0.2) is 18.3 Å². The van der Waals surface area contributed by atoms with Crippen molar-refractivity contribution in [2.75, 3.05) is 20.2 Å². The molecule has 1 aromatic heterocycles. The molecule has 0 aliphatic carbocycles. The monoisotopic (exact) mass is 208 g/mol. The summed E-state index contributed by atoms with van der Waals surface area (Å²) < 4.78 is 4.74. The van der Waals surface area contributed by atoms with Gasteiger partial charge in [-0.25, -0.2) is 4.98 Å². The molecule has 0 aromatic carbocycles. The Morgan fingerprint density at radius 2 is 2.00 bits per heavy atom. The highest BCUT2D eigenvalue weighted by atomic mass is 16.5. The Labute approximate surface area is 89.7 Å². The minimum atomic E-state index is -0.225. The van der Waals surface area contributed by atoms with Crippen LogP contribution >= 0.6 is 0 Å². The Morgan fingerprint density at radius 3 is 2.53 bits per heavy atom. The summed E-state index contributed by atoms with van der Waals surface area (Å²) in [6.07, 6.45) is 4.83. The van der Waals surface area contributed by atoms with Gasteiger partial charge in [0.1, 0.15) is 0 Å². The molecule has 1 aliphatic heterocycles. The number of pyridine rings is 1. The van der Waals surface area contributed by atoms with Crippen molar-refractivity contribution < 1.29 is 4.74 Å². The first-order valence-corrected chi connectivity index (χ1v) is 5.33. The van der Waals surface area contributed by atoms with Crippen LogP contribution in [-0.2, 0) is 0 Å². The SMILES string of the molecule is COc1ccc([N+]2([O-])CCCCC2)cn1. The third-order valence-electron chi connectivity index (χ3n) is 2.94. The average molecular weight is 208 g/mol. The lowest BCUT2D eigenvalue weighted by molar-refractivity contribution is 0.305. The second kappa shape index (κ2) is 4.16. The molecule has 0 radical (unpaired) electrons. The molecule has 15 heavy (non-hydrogen) atoms. The summed E-state index contributed by atoms with van der Waals surface area (Å²) in [6.45, 7) is 1.35. The molecular formula is C11H16N2O2. The predicted octanol–water partition coefficient (Wildman–Crippen LogP) is 2.08. The van der Waals surface area contributed by atoms with Crippen molar-refractivity contribution in [1.29, 1.82) is 0 Å². The quantitative estimate of drug-likeness (QED) is 0.552. The number of ether oxygens (including phenoxy) is 1. The van der Waals surface area contributed by atoms with Crippen molar-refractivity contribution in [3.05, 3.63) is 23.5 Å². The molecule has 4 nitrogen and oxygen atoms in total. The van der Waals surface area contributed by atoms with E-state index in [1.807, 2.05) is 6.07 Å². The summed E-state index contributed by atoms with van der Waals surface area (Å²) >= 11 is 0. The van der Waals surface area contributed by atoms with E-state index >= 15 is 0 Å². The molecule has 1 aromatic rings. The molecule has 0 N–H and O–H groups in total. The molecule has 1 saturated heterocycles. The topological polar surface area (TPSA) is 45.2 Å². The predicted molar refractivity (Wildman–Crippen MR) is 59.5 cm³/mol. The van der Waals surface area contributed by atoms with E-state index < -0.39 is 0 Å². The summed E-state index contributed by atoms with van der Waals surface area (Å²) in [5.41, 5.74) is 0.746. The van der Waals surface area contributed by atoms with Crippen LogP contribution in [0.2, 0.25) is 0 Å². The van der Waals surface area contributed by atoms with Crippen LogP contribution in [0, 0.1) is 5.21 Å². The van der Waals surface area contributed by atoms with E-state index in [0.29, 0.717) is 19.0 Å². The maximum atomic E-state index is 12.4. The molecule has 0 atom stereocenters. The summed E-state index contributed by atoms with van der Waals surface area (Å²) in [6, 6.07) is 3.58. The summed E-state index contributed by atoms with van der Waals surface area (Å²) in [5.74, 6) is 0.558. The molecule has 1 aliphatic rings. The van der Waals surface area contributed by atoms with Crippen LogP contribution in [0.1, 0.15) is 19.3 Å². The molecular weight excluding hydrogens is 192 g/mol. The van der Waals surface area contributed by atoms with E-state index in [-0.39, 0.29) is 4.65 Å². The second-order valence-corrected chi connectivity index (χ2v) is 3.96. The van der Waals surface area contributed by atoms with E-state index in [2.05, 4.69) is 4.98 Å². The highest BCUT2D eigenvalue weighted by Gasteiger charge is 2.23. The summed E-state index contributed by atoms with van der Waals surface area (Å²) in [5, 5.41) is 12.4. The van der Waals surface area contributed by atoms with Gasteiger partial charge in [0.15, 0.2) is 5.69 Å². The van der Waals surface area contributed by atoms with Gasteiger partial charge in [0.05, 0.1) is 26.4 Å². The van der Waals surface area contributed by atoms with Gasteiger partial charge in [-0.05, 0) is 19.3 Å². The van der Waals surface area contributed by atoms with Crippen LogP contribution < -0.4 is 9.38 Å². The zero-order valence-corrected chi connectivity index (χ0v) is 8.98. The highest BCUT2D eigenvalue weighted by Crippen LogP contribution is 2.27. The minimum absolute atomic E-state index is 0.225. The standard InChI is InChI=1S/C11H16N2O2/c1-15-11-6-5-10(9-12-11)13(14)7-3-2-4-8-13/h5-6,9H,2-4,7-8H2,1H3. The van der Waals surface area contributed by atoms with Gasteiger partial charge < -0.3 is 14.6 Å². The van der Waals surface area contributed by atoms with E-state index in [1.165, 1.54) is 6.42 Å². The number of piperidine rings is 1. The zero-order chi connectivity index (χ0) is 10.7. The second-order valence-electron chi connectivity index (χ2n) is 3.96. The Morgan fingerprint density at radius 1 is 1.27 bits per heavy atom. The van der Waals surface area contributed by atoms with Crippen LogP contribution in [0.5, 0.6) is 5.88 Å². The number of quaternary nitrogens is 1. The largest absolute Gasteiger partial charge is 0.627 e. The van der Waals surface area contributed by atoms with Gasteiger partial charge in [-0.2, -0.15) is 0 Å². The Kier molecular flexibility index (Phi) is 2.88. The molecule has 1 fully saturated rings. The molecule has 2 heterocycles. The van der Waals surface area contributed by atoms with Crippen LogP contribution in [0.4, 0.5) is 5.69 Å². The number of aromatic nitrogens is 1. The lowest BCUT2D eigenvalue weighted by Gasteiger charge is -2.44. The first kappa shape index (κ1) is 10.4. The van der Waals surface area contributed by atoms with Crippen LogP contribution in [0.25, 0.3) is 0 Å². The van der Waals surface area contributed by atoms with Gasteiger partial charge in [0.25, 0.3) is 0 Å². The normalized spacial score (nSPS) is 19.9. The fraction of sp³-hybridized carbons (Fsp3) is 0.545. The molecule has 82 valence electrons. The van der Waals surface area contributed by atoms with Crippen LogP contribution in [0.3, 0.4) is 0 Å². The van der Waals surface area contributed by atoms with Gasteiger partial charge in [-0.1, -0.05) is 0 Å². The smallest absolute Gasteiger partial charge is 0.213 e. The van der Waals surface area contributed by atoms with E-state index in [1.54, 1.807) is 19.4 Å². The van der Waals surface area contributed by atoms with Gasteiger partial charge in [-0.3, -0.25) is 0 Å². The Hall–Kier alpha value is -1.13. The zero-order valence-electron chi connectivity index (χ0n) is 8.98. The molecule has 0 spiro atoms. The maximum Gasteiger partial charge on any atom is 0.213 e. The van der Waals surface area contributed by atoms with Crippen molar-refractivity contribution in [2.45, 2.75) is 19.3 Å². The molecule has 0 bridgehead atoms. The fourth-order valence-electron chi connectivity index (χ4n) is 2.02. The lowest BCUT2D eigenvalue weighted by atomic mass is 10.1. The van der Waals surface area contributed by atoms with Crippen molar-refractivity contribution in [3.63, 3.8) is 0 Å². The van der Waals surface area contributed by atoms with E-state index in [4.69, 9.17) is 4.74 Å². The summed E-state index contributed by atoms with van der Waals surface area (Å²) in [7, 11) is 1.57. The first-order chi connectivity index (χ1) is 7.24. The fourth-order valence-corrected chi connectivity index (χ4v) is 2.02. The molecule has 0 amide bonds. The highest BCUT2D eigenvalue weighted by molar-refractivity contribution is 5.42. The van der Waals surface area contributed by atoms with Gasteiger partial charge >= 0.3 is 0 Å². The van der Waals surface area contributed by atoms with Crippen molar-refractivity contribution >= 4 is 5.69 Å². The Bertz CT molecular complexity index is 318. The average Bonchev–Trinajstić information content (AvgIpc) is 2.30. The molecule has 0 saturated carbocycles. The van der Waals surface area contributed by atoms with Crippen molar-refractivity contribution in [3.8, 4) is 5.88 Å². The number of hydroxylamine groups is 2. The number of methoxy groups -OCH3 is 1. The lowest BCUT2D eigenvalue weighted by Crippen LogP contribution is -2.47. The molecule has 4 heteroatoms. The maximum absolute atomic E-state index is 12.4. The van der Waals surface area contributed by atoms with Gasteiger partial charge in [0, 0.05) is 12.1 Å². The number of hydrogen-bond donors (Lipinski definition) is 0. The number of hydrogen-bond acceptors (Lipinski definition) is 3. The first-order valence-electron chi connectivity index (χ1n) is 5.33. The van der Waals surface area contributed by atoms with Crippen LogP contribution in [-0.4, -0.2) is 25.2 Å². The Balaban J connectivity index is 2.20. The van der Waals surface area contributed by atoms with Gasteiger partial charge in [-0.15, -0.1) is 0 Å². The summed E-state index contributed by atoms with van der Waals surface area (Å²) in [4.78, 5) is 4.08. The van der Waals surface area contributed by atoms with E-state index in [9.17, 15) is 5.21 Å².